The molecule has 1 heterocycles. The first-order chi connectivity index (χ1) is 10.6. The lowest BCUT2D eigenvalue weighted by atomic mass is 9.85. The van der Waals surface area contributed by atoms with Crippen LogP contribution in [0.5, 0.6) is 0 Å². The number of aliphatic hydroxyl groups excluding tert-OH is 2. The summed E-state index contributed by atoms with van der Waals surface area (Å²) in [4.78, 5) is 13.7. The van der Waals surface area contributed by atoms with Gasteiger partial charge in [0.05, 0.1) is 6.04 Å². The number of hydrogen-bond donors (Lipinski definition) is 2. The molecule has 2 aromatic rings. The standard InChI is InChI=1S/C18H19NO3/c1-19-15(16(20)13-10-6-3-7-11-13)14(17(21)18(19)22)12-8-4-2-5-9-12/h2-11,14-17,20-21H,1H3/t14-,15-,16-,17+/m0/s1. The van der Waals surface area contributed by atoms with Crippen molar-refractivity contribution >= 4 is 5.91 Å². The second-order valence-electron chi connectivity index (χ2n) is 5.68. The number of carbonyl (C=O) groups is 1. The van der Waals surface area contributed by atoms with E-state index in [-0.39, 0.29) is 5.91 Å². The molecule has 0 saturated carbocycles. The molecule has 0 aliphatic carbocycles. The molecule has 1 fully saturated rings. The number of benzene rings is 2. The number of nitrogens with zero attached hydrogens (tertiary/aromatic N) is 1. The van der Waals surface area contributed by atoms with Crippen LogP contribution in [0.1, 0.15) is 23.1 Å². The number of carbonyl (C=O) groups excluding carboxylic acids is 1. The van der Waals surface area contributed by atoms with Crippen molar-refractivity contribution in [1.29, 1.82) is 0 Å². The van der Waals surface area contributed by atoms with Crippen molar-refractivity contribution in [2.24, 2.45) is 0 Å². The molecule has 3 rings (SSSR count). The Bertz CT molecular complexity index is 644. The molecule has 1 aliphatic rings. The molecule has 0 aromatic heterocycles. The quantitative estimate of drug-likeness (QED) is 0.906. The molecule has 4 nitrogen and oxygen atoms in total. The van der Waals surface area contributed by atoms with E-state index in [0.29, 0.717) is 0 Å². The average molecular weight is 297 g/mol. The summed E-state index contributed by atoms with van der Waals surface area (Å²) < 4.78 is 0. The minimum Gasteiger partial charge on any atom is -0.386 e. The maximum Gasteiger partial charge on any atom is 0.252 e. The summed E-state index contributed by atoms with van der Waals surface area (Å²) in [5, 5.41) is 21.1. The van der Waals surface area contributed by atoms with E-state index in [2.05, 4.69) is 0 Å². The van der Waals surface area contributed by atoms with Crippen LogP contribution in [-0.2, 0) is 4.79 Å². The second-order valence-corrected chi connectivity index (χ2v) is 5.68. The topological polar surface area (TPSA) is 60.8 Å². The van der Waals surface area contributed by atoms with Crippen LogP contribution in [0, 0.1) is 0 Å². The number of aliphatic hydroxyl groups is 2. The van der Waals surface area contributed by atoms with E-state index in [9.17, 15) is 15.0 Å². The van der Waals surface area contributed by atoms with E-state index in [1.165, 1.54) is 4.90 Å². The number of hydrogen-bond acceptors (Lipinski definition) is 3. The monoisotopic (exact) mass is 297 g/mol. The predicted octanol–water partition coefficient (Wildman–Crippen LogP) is 1.71. The zero-order valence-corrected chi connectivity index (χ0v) is 12.3. The molecule has 22 heavy (non-hydrogen) atoms. The third-order valence-electron chi connectivity index (χ3n) is 4.41. The summed E-state index contributed by atoms with van der Waals surface area (Å²) in [5.41, 5.74) is 1.59. The van der Waals surface area contributed by atoms with Crippen LogP contribution >= 0.6 is 0 Å². The first-order valence-corrected chi connectivity index (χ1v) is 7.34. The molecular formula is C18H19NO3. The largest absolute Gasteiger partial charge is 0.386 e. The molecule has 4 atom stereocenters. The minimum atomic E-state index is -1.13. The Balaban J connectivity index is 2.01. The van der Waals surface area contributed by atoms with Crippen LogP contribution in [0.4, 0.5) is 0 Å². The number of rotatable bonds is 3. The van der Waals surface area contributed by atoms with Crippen molar-refractivity contribution in [3.63, 3.8) is 0 Å². The SMILES string of the molecule is CN1C(=O)[C@H](O)[C@@H](c2ccccc2)[C@H]1[C@@H](O)c1ccccc1. The van der Waals surface area contributed by atoms with E-state index >= 15 is 0 Å². The fourth-order valence-electron chi connectivity index (χ4n) is 3.25. The highest BCUT2D eigenvalue weighted by atomic mass is 16.3. The highest BCUT2D eigenvalue weighted by Gasteiger charge is 2.49. The highest BCUT2D eigenvalue weighted by molar-refractivity contribution is 5.85. The van der Waals surface area contributed by atoms with Gasteiger partial charge < -0.3 is 15.1 Å². The van der Waals surface area contributed by atoms with E-state index in [1.54, 1.807) is 7.05 Å². The fourth-order valence-corrected chi connectivity index (χ4v) is 3.25. The summed E-state index contributed by atoms with van der Waals surface area (Å²) >= 11 is 0. The van der Waals surface area contributed by atoms with Gasteiger partial charge in [0.15, 0.2) is 0 Å². The summed E-state index contributed by atoms with van der Waals surface area (Å²) in [7, 11) is 1.63. The van der Waals surface area contributed by atoms with Crippen molar-refractivity contribution in [3.8, 4) is 0 Å². The zero-order valence-electron chi connectivity index (χ0n) is 12.3. The molecule has 0 spiro atoms. The van der Waals surface area contributed by atoms with Crippen LogP contribution < -0.4 is 0 Å². The Hall–Kier alpha value is -2.17. The highest BCUT2D eigenvalue weighted by Crippen LogP contribution is 2.40. The Morgan fingerprint density at radius 3 is 2.14 bits per heavy atom. The van der Waals surface area contributed by atoms with Gasteiger partial charge in [0, 0.05) is 13.0 Å². The van der Waals surface area contributed by atoms with E-state index in [4.69, 9.17) is 0 Å². The lowest BCUT2D eigenvalue weighted by Crippen LogP contribution is -2.36. The Kier molecular flexibility index (Phi) is 3.96. The van der Waals surface area contributed by atoms with E-state index < -0.39 is 24.2 Å². The summed E-state index contributed by atoms with van der Waals surface area (Å²) in [6.45, 7) is 0. The van der Waals surface area contributed by atoms with Crippen LogP contribution in [0.3, 0.4) is 0 Å². The van der Waals surface area contributed by atoms with Gasteiger partial charge in [0.1, 0.15) is 12.2 Å². The normalized spacial score (nSPS) is 26.2. The van der Waals surface area contributed by atoms with Crippen LogP contribution in [-0.4, -0.2) is 40.2 Å². The molecule has 4 heteroatoms. The molecule has 1 amide bonds. The molecule has 2 aromatic carbocycles. The van der Waals surface area contributed by atoms with Gasteiger partial charge in [0.2, 0.25) is 0 Å². The molecule has 1 saturated heterocycles. The van der Waals surface area contributed by atoms with E-state index in [1.807, 2.05) is 60.7 Å². The number of likely N-dealkylation sites (N-methyl/N-ethyl adjacent to an activating group) is 1. The third kappa shape index (κ3) is 2.40. The Morgan fingerprint density at radius 2 is 1.55 bits per heavy atom. The summed E-state index contributed by atoms with van der Waals surface area (Å²) in [6.07, 6.45) is -1.98. The number of amides is 1. The predicted molar refractivity (Wildman–Crippen MR) is 83.1 cm³/mol. The van der Waals surface area contributed by atoms with Gasteiger partial charge in [-0.3, -0.25) is 4.79 Å². The first-order valence-electron chi connectivity index (χ1n) is 7.34. The van der Waals surface area contributed by atoms with Gasteiger partial charge in [-0.25, -0.2) is 0 Å². The van der Waals surface area contributed by atoms with Crippen LogP contribution in [0.25, 0.3) is 0 Å². The van der Waals surface area contributed by atoms with Gasteiger partial charge in [-0.2, -0.15) is 0 Å². The lowest BCUT2D eigenvalue weighted by molar-refractivity contribution is -0.135. The maximum atomic E-state index is 12.2. The van der Waals surface area contributed by atoms with Gasteiger partial charge in [-0.1, -0.05) is 60.7 Å². The fraction of sp³-hybridized carbons (Fsp3) is 0.278. The molecule has 1 aliphatic heterocycles. The summed E-state index contributed by atoms with van der Waals surface area (Å²) in [6, 6.07) is 18.1. The molecule has 0 unspecified atom stereocenters. The van der Waals surface area contributed by atoms with Gasteiger partial charge in [0.25, 0.3) is 5.91 Å². The molecule has 0 bridgehead atoms. The van der Waals surface area contributed by atoms with Crippen LogP contribution in [0.2, 0.25) is 0 Å². The van der Waals surface area contributed by atoms with Crippen molar-refractivity contribution in [2.75, 3.05) is 7.05 Å². The average Bonchev–Trinajstić information content (AvgIpc) is 2.80. The van der Waals surface area contributed by atoms with Gasteiger partial charge >= 0.3 is 0 Å². The second kappa shape index (κ2) is 5.91. The number of likely N-dealkylation sites (tertiary alicyclic amines) is 1. The molecule has 2 N–H and O–H groups in total. The van der Waals surface area contributed by atoms with Crippen molar-refractivity contribution < 1.29 is 15.0 Å². The zero-order chi connectivity index (χ0) is 15.7. The van der Waals surface area contributed by atoms with Gasteiger partial charge in [-0.05, 0) is 11.1 Å². The van der Waals surface area contributed by atoms with Crippen molar-refractivity contribution in [1.82, 2.24) is 4.90 Å². The molecule has 114 valence electrons. The van der Waals surface area contributed by atoms with Crippen molar-refractivity contribution in [3.05, 3.63) is 71.8 Å². The molecular weight excluding hydrogens is 278 g/mol. The first kappa shape index (κ1) is 14.8. The third-order valence-corrected chi connectivity index (χ3v) is 4.41. The van der Waals surface area contributed by atoms with Crippen molar-refractivity contribution in [2.45, 2.75) is 24.2 Å². The Morgan fingerprint density at radius 1 is 1.00 bits per heavy atom. The smallest absolute Gasteiger partial charge is 0.252 e. The van der Waals surface area contributed by atoms with Crippen LogP contribution in [0.15, 0.2) is 60.7 Å². The maximum absolute atomic E-state index is 12.2. The van der Waals surface area contributed by atoms with Gasteiger partial charge in [-0.15, -0.1) is 0 Å². The lowest BCUT2D eigenvalue weighted by Gasteiger charge is -2.30. The minimum absolute atomic E-state index is 0.353. The summed E-state index contributed by atoms with van der Waals surface area (Å²) in [5.74, 6) is -0.803. The molecule has 0 radical (unpaired) electrons. The Labute approximate surface area is 129 Å². The van der Waals surface area contributed by atoms with E-state index in [0.717, 1.165) is 11.1 Å².